The van der Waals surface area contributed by atoms with E-state index in [4.69, 9.17) is 22.9 Å². The molecule has 4 atom stereocenters. The van der Waals surface area contributed by atoms with Crippen molar-refractivity contribution in [3.05, 3.63) is 65.9 Å². The summed E-state index contributed by atoms with van der Waals surface area (Å²) in [5, 5.41) is 27.9. The maximum atomic E-state index is 13.7. The largest absolute Gasteiger partial charge is 0.508 e. The number of aliphatic imine (C=N–C) groups is 1. The molecule has 3 aromatic rings. The van der Waals surface area contributed by atoms with E-state index in [-0.39, 0.29) is 43.9 Å². The van der Waals surface area contributed by atoms with Crippen LogP contribution in [0.5, 0.6) is 5.75 Å². The SMILES string of the molecule is NC(=O)C[C@H](N)C(=O)N[C@@H](CCCN=C(N)N)C(=O)N[C@@H](Cc1c[nH]c2ccccc12)C(=O)N[C@@H](Cc1ccc(O)cc1)C(=O)O. The number of para-hydroxylation sites is 1. The zero-order valence-corrected chi connectivity index (χ0v) is 24.9. The smallest absolute Gasteiger partial charge is 0.326 e. The predicted octanol–water partition coefficient (Wildman–Crippen LogP) is -1.55. The van der Waals surface area contributed by atoms with Gasteiger partial charge in [0.05, 0.1) is 12.5 Å². The maximum Gasteiger partial charge on any atom is 0.326 e. The van der Waals surface area contributed by atoms with Gasteiger partial charge in [0.25, 0.3) is 0 Å². The molecule has 1 aromatic heterocycles. The molecule has 46 heavy (non-hydrogen) atoms. The van der Waals surface area contributed by atoms with Crippen LogP contribution >= 0.6 is 0 Å². The summed E-state index contributed by atoms with van der Waals surface area (Å²) < 4.78 is 0. The second kappa shape index (κ2) is 16.4. The quantitative estimate of drug-likeness (QED) is 0.0462. The van der Waals surface area contributed by atoms with Gasteiger partial charge in [0, 0.05) is 36.5 Å². The van der Waals surface area contributed by atoms with Crippen molar-refractivity contribution in [3.63, 3.8) is 0 Å². The number of H-pyrrole nitrogens is 1. The van der Waals surface area contributed by atoms with E-state index in [0.717, 1.165) is 10.9 Å². The van der Waals surface area contributed by atoms with Gasteiger partial charge in [-0.25, -0.2) is 4.79 Å². The summed E-state index contributed by atoms with van der Waals surface area (Å²) in [5.41, 5.74) is 23.7. The first-order chi connectivity index (χ1) is 21.8. The van der Waals surface area contributed by atoms with Crippen molar-refractivity contribution in [2.45, 2.75) is 56.3 Å². The van der Waals surface area contributed by atoms with E-state index in [1.54, 1.807) is 6.20 Å². The number of hydrogen-bond donors (Lipinski definition) is 10. The molecular weight excluding hydrogens is 598 g/mol. The summed E-state index contributed by atoms with van der Waals surface area (Å²) in [5.74, 6) is -4.67. The second-order valence-corrected chi connectivity index (χ2v) is 10.7. The second-order valence-electron chi connectivity index (χ2n) is 10.7. The van der Waals surface area contributed by atoms with Gasteiger partial charge in [0.1, 0.15) is 23.9 Å². The number of aromatic nitrogens is 1. The molecule has 2 aromatic carbocycles. The van der Waals surface area contributed by atoms with Crippen LogP contribution in [0, 0.1) is 0 Å². The number of nitrogens with one attached hydrogen (secondary N) is 4. The van der Waals surface area contributed by atoms with Gasteiger partial charge in [-0.3, -0.25) is 24.2 Å². The number of phenols is 1. The Morgan fingerprint density at radius 3 is 2.11 bits per heavy atom. The molecule has 0 saturated heterocycles. The Morgan fingerprint density at radius 2 is 1.46 bits per heavy atom. The molecule has 246 valence electrons. The third kappa shape index (κ3) is 10.5. The number of nitrogens with zero attached hydrogens (tertiary/aromatic N) is 1. The van der Waals surface area contributed by atoms with Crippen LogP contribution in [0.4, 0.5) is 0 Å². The molecule has 0 aliphatic carbocycles. The Labute approximate surface area is 264 Å². The van der Waals surface area contributed by atoms with Crippen molar-refractivity contribution in [1.29, 1.82) is 0 Å². The first-order valence-electron chi connectivity index (χ1n) is 14.4. The summed E-state index contributed by atoms with van der Waals surface area (Å²) >= 11 is 0. The highest BCUT2D eigenvalue weighted by molar-refractivity contribution is 5.95. The molecule has 0 bridgehead atoms. The van der Waals surface area contributed by atoms with E-state index in [2.05, 4.69) is 25.9 Å². The summed E-state index contributed by atoms with van der Waals surface area (Å²) in [6.07, 6.45) is 1.35. The van der Waals surface area contributed by atoms with Gasteiger partial charge in [-0.1, -0.05) is 30.3 Å². The van der Waals surface area contributed by atoms with Crippen LogP contribution < -0.4 is 38.9 Å². The number of rotatable bonds is 17. The minimum Gasteiger partial charge on any atom is -0.508 e. The molecule has 14 N–H and O–H groups in total. The number of carboxylic acid groups (broad SMARTS) is 1. The number of hydrogen-bond acceptors (Lipinski definition) is 8. The van der Waals surface area contributed by atoms with Crippen LogP contribution in [0.3, 0.4) is 0 Å². The standard InChI is InChI=1S/C30H39N9O7/c31-20(14-25(32)41)26(42)37-22(6-3-11-35-30(33)34)27(43)38-23(13-17-15-36-21-5-2-1-4-19(17)21)28(44)39-24(29(45)46)12-16-7-9-18(40)10-8-16/h1-2,4-5,7-10,15,20,22-24,36,40H,3,6,11-14,31H2,(H2,32,41)(H,37,42)(H,38,43)(H,39,44)(H,45,46)(H4,33,34,35)/t20-,22-,23-,24-/m0/s1. The highest BCUT2D eigenvalue weighted by atomic mass is 16.4. The first kappa shape index (κ1) is 34.8. The number of primary amides is 1. The Balaban J connectivity index is 1.87. The number of guanidine groups is 1. The van der Waals surface area contributed by atoms with E-state index in [9.17, 15) is 34.2 Å². The van der Waals surface area contributed by atoms with Gasteiger partial charge in [-0.15, -0.1) is 0 Å². The minimum atomic E-state index is -1.37. The topological polar surface area (TPSA) is 294 Å². The fourth-order valence-corrected chi connectivity index (χ4v) is 4.70. The molecule has 1 heterocycles. The molecule has 3 rings (SSSR count). The maximum absolute atomic E-state index is 13.7. The van der Waals surface area contributed by atoms with Crippen molar-refractivity contribution < 1.29 is 34.2 Å². The number of benzene rings is 2. The average Bonchev–Trinajstić information content (AvgIpc) is 3.40. The number of carboxylic acids is 1. The van der Waals surface area contributed by atoms with Crippen LogP contribution in [0.2, 0.25) is 0 Å². The summed E-state index contributed by atoms with van der Waals surface area (Å²) in [4.78, 5) is 70.4. The zero-order valence-electron chi connectivity index (χ0n) is 24.9. The molecule has 0 fully saturated rings. The lowest BCUT2D eigenvalue weighted by Crippen LogP contribution is -2.58. The molecule has 4 amide bonds. The number of amides is 4. The number of carbonyl (C=O) groups is 5. The minimum absolute atomic E-state index is 0.00306. The van der Waals surface area contributed by atoms with Crippen molar-refractivity contribution in [1.82, 2.24) is 20.9 Å². The van der Waals surface area contributed by atoms with Crippen molar-refractivity contribution in [3.8, 4) is 5.75 Å². The lowest BCUT2D eigenvalue weighted by atomic mass is 10.0. The predicted molar refractivity (Wildman–Crippen MR) is 169 cm³/mol. The third-order valence-electron chi connectivity index (χ3n) is 7.06. The van der Waals surface area contributed by atoms with Crippen LogP contribution in [-0.2, 0) is 36.8 Å². The summed E-state index contributed by atoms with van der Waals surface area (Å²) in [6.45, 7) is 0.131. The van der Waals surface area contributed by atoms with Crippen LogP contribution in [-0.4, -0.2) is 81.5 Å². The molecule has 0 aliphatic rings. The first-order valence-corrected chi connectivity index (χ1v) is 14.4. The van der Waals surface area contributed by atoms with Gasteiger partial charge in [0.15, 0.2) is 5.96 Å². The van der Waals surface area contributed by atoms with Gasteiger partial charge in [-0.2, -0.15) is 0 Å². The number of aromatic hydroxyl groups is 1. The highest BCUT2D eigenvalue weighted by Gasteiger charge is 2.31. The van der Waals surface area contributed by atoms with Gasteiger partial charge >= 0.3 is 5.97 Å². The van der Waals surface area contributed by atoms with Gasteiger partial charge < -0.3 is 54.1 Å². The Morgan fingerprint density at radius 1 is 0.826 bits per heavy atom. The number of phenolic OH excluding ortho intramolecular Hbond substituents is 1. The zero-order chi connectivity index (χ0) is 33.8. The van der Waals surface area contributed by atoms with Gasteiger partial charge in [0.2, 0.25) is 23.6 Å². The monoisotopic (exact) mass is 637 g/mol. The van der Waals surface area contributed by atoms with E-state index < -0.39 is 60.2 Å². The molecule has 16 nitrogen and oxygen atoms in total. The molecule has 16 heteroatoms. The van der Waals surface area contributed by atoms with E-state index in [1.165, 1.54) is 24.3 Å². The number of fused-ring (bicyclic) bond motifs is 1. The van der Waals surface area contributed by atoms with Crippen molar-refractivity contribution in [2.24, 2.45) is 27.9 Å². The Bertz CT molecular complexity index is 1570. The summed E-state index contributed by atoms with van der Waals surface area (Å²) in [7, 11) is 0. The fraction of sp³-hybridized carbons (Fsp3) is 0.333. The van der Waals surface area contributed by atoms with E-state index in [0.29, 0.717) is 11.1 Å². The van der Waals surface area contributed by atoms with Crippen molar-refractivity contribution >= 4 is 46.5 Å². The summed E-state index contributed by atoms with van der Waals surface area (Å²) in [6, 6.07) is 7.93. The Kier molecular flexibility index (Phi) is 12.5. The molecular formula is C30H39N9O7. The van der Waals surface area contributed by atoms with Crippen LogP contribution in [0.1, 0.15) is 30.4 Å². The van der Waals surface area contributed by atoms with Crippen LogP contribution in [0.25, 0.3) is 10.9 Å². The lowest BCUT2D eigenvalue weighted by molar-refractivity contribution is -0.142. The van der Waals surface area contributed by atoms with Gasteiger partial charge in [-0.05, 0) is 42.2 Å². The molecule has 0 spiro atoms. The van der Waals surface area contributed by atoms with Crippen molar-refractivity contribution in [2.75, 3.05) is 6.54 Å². The molecule has 0 aliphatic heterocycles. The lowest BCUT2D eigenvalue weighted by Gasteiger charge is -2.25. The van der Waals surface area contributed by atoms with E-state index >= 15 is 0 Å². The number of aromatic amines is 1. The Hall–Kier alpha value is -5.64. The number of nitrogens with two attached hydrogens (primary N) is 4. The highest BCUT2D eigenvalue weighted by Crippen LogP contribution is 2.20. The number of aliphatic carboxylic acids is 1. The number of carbonyl (C=O) groups excluding carboxylic acids is 4. The normalized spacial score (nSPS) is 13.5. The average molecular weight is 638 g/mol. The van der Waals surface area contributed by atoms with Crippen LogP contribution in [0.15, 0.2) is 59.7 Å². The van der Waals surface area contributed by atoms with E-state index in [1.807, 2.05) is 24.3 Å². The molecule has 0 unspecified atom stereocenters. The molecule has 0 saturated carbocycles. The molecule has 0 radical (unpaired) electrons. The third-order valence-corrected chi connectivity index (χ3v) is 7.06. The fourth-order valence-electron chi connectivity index (χ4n) is 4.70.